The van der Waals surface area contributed by atoms with Gasteiger partial charge < -0.3 is 14.4 Å². The minimum atomic E-state index is 0. The average molecular weight is 178 g/mol. The van der Waals surface area contributed by atoms with E-state index >= 15 is 0 Å². The molecule has 0 aliphatic rings. The van der Waals surface area contributed by atoms with Crippen LogP contribution >= 0.6 is 0 Å². The van der Waals surface area contributed by atoms with Crippen molar-refractivity contribution in [3.8, 4) is 0 Å². The Bertz CT molecular complexity index is 6.85. The van der Waals surface area contributed by atoms with E-state index in [9.17, 15) is 0 Å². The molecule has 0 heterocycles. The zero-order chi connectivity index (χ0) is 2.71. The minimum absolute atomic E-state index is 0. The van der Waals surface area contributed by atoms with E-state index in [4.69, 9.17) is 1.37 Å². The van der Waals surface area contributed by atoms with E-state index in [1.165, 1.54) is 0 Å². The monoisotopic (exact) mass is 178 g/mol. The smallest absolute Gasteiger partial charge is 0.358 e. The van der Waals surface area contributed by atoms with Crippen molar-refractivity contribution in [2.75, 3.05) is 0 Å². The normalized spacial score (nSPS) is 4.75. The molecule has 0 aliphatic carbocycles. The molecule has 0 saturated carbocycles. The van der Waals surface area contributed by atoms with E-state index in [0.29, 0.717) is 0 Å². The van der Waals surface area contributed by atoms with Gasteiger partial charge in [-0.3, -0.25) is 0 Å². The fourth-order valence-electron chi connectivity index (χ4n) is 0. The molecule has 0 fully saturated rings. The van der Waals surface area contributed by atoms with Gasteiger partial charge in [0.1, 0.15) is 0 Å². The van der Waals surface area contributed by atoms with Gasteiger partial charge in [-0.1, -0.05) is 0 Å². The van der Waals surface area contributed by atoms with Crippen molar-refractivity contribution in [1.29, 1.82) is 0 Å². The predicted octanol–water partition coefficient (Wildman–Crippen LogP) is -1.71. The molecular weight excluding hydrogens is 169 g/mol. The first-order chi connectivity index (χ1) is 1.41. The molecule has 0 bridgehead atoms. The summed E-state index contributed by atoms with van der Waals surface area (Å²) in [4.78, 5) is 0. The molecule has 0 aromatic carbocycles. The molecule has 0 atom stereocenters. The van der Waals surface area contributed by atoms with Gasteiger partial charge >= 0.3 is 68.9 Å². The molecule has 0 aromatic rings. The first-order valence-corrected chi connectivity index (χ1v) is 0.500. The van der Waals surface area contributed by atoms with Crippen molar-refractivity contribution in [3.05, 3.63) is 14.4 Å². The Hall–Kier alpha value is 2.05. The fourth-order valence-corrected chi connectivity index (χ4v) is 0. The Kier molecular flexibility index (Phi) is 46.3. The van der Waals surface area contributed by atoms with Crippen molar-refractivity contribution in [1.82, 2.24) is 0 Å². The summed E-state index contributed by atoms with van der Waals surface area (Å²) < 4.78 is 6.10. The van der Waals surface area contributed by atoms with Crippen LogP contribution in [0.3, 0.4) is 0 Å². The van der Waals surface area contributed by atoms with Crippen LogP contribution < -0.4 is 68.9 Å². The van der Waals surface area contributed by atoms with Crippen LogP contribution in [0.2, 0.25) is 0 Å². The molecule has 0 spiro atoms. The van der Waals surface area contributed by atoms with Crippen LogP contribution in [0.15, 0.2) is 0 Å². The van der Waals surface area contributed by atoms with Crippen molar-refractivity contribution < 1.29 is 70.3 Å². The molecule has 0 N–H and O–H groups in total. The third kappa shape index (κ3) is 8.96. The van der Waals surface area contributed by atoms with Crippen LogP contribution in [0.5, 0.6) is 0 Å². The van der Waals surface area contributed by atoms with Crippen molar-refractivity contribution >= 4 is 0 Å². The molecule has 0 aromatic heterocycles. The molecule has 0 unspecified atom stereocenters. The Balaban J connectivity index is -0.0000000200. The molecule has 0 radical (unpaired) electrons. The van der Waals surface area contributed by atoms with Gasteiger partial charge in [-0.15, -0.1) is 0 Å². The van der Waals surface area contributed by atoms with E-state index in [1.54, 1.807) is 0 Å². The van der Waals surface area contributed by atoms with Crippen molar-refractivity contribution in [3.63, 3.8) is 0 Å². The van der Waals surface area contributed by atoms with E-state index in [2.05, 4.69) is 6.92 Å². The maximum absolute atomic E-state index is 6.10. The summed E-state index contributed by atoms with van der Waals surface area (Å²) in [6, 6.07) is 0. The van der Waals surface area contributed by atoms with E-state index in [1.807, 2.05) is 0 Å². The number of hydrogen-bond donors (Lipinski definition) is 0. The molecular formula is C3H8Cs-. The average Bonchev–Trinajstić information content (AvgIpc) is 0.918. The summed E-state index contributed by atoms with van der Waals surface area (Å²) in [6.45, 7) is 3.40. The van der Waals surface area contributed by atoms with Gasteiger partial charge in [0.25, 0.3) is 0 Å². The second kappa shape index (κ2) is 19.7. The van der Waals surface area contributed by atoms with Gasteiger partial charge in [0.05, 0.1) is 0 Å². The third-order valence-corrected chi connectivity index (χ3v) is 0. The standard InChI is InChI=1S/C2H5.CH3.Cs/c1-2;;/h1H2,2H3;1H3;/q2*-1;+1/i2D;;. The molecule has 22 valence electrons. The zero-order valence-electron chi connectivity index (χ0n) is 4.41. The van der Waals surface area contributed by atoms with Crippen LogP contribution in [0.1, 0.15) is 8.27 Å². The molecule has 4 heavy (non-hydrogen) atoms. The molecule has 0 rings (SSSR count). The summed E-state index contributed by atoms with van der Waals surface area (Å²) in [5, 5.41) is 0. The van der Waals surface area contributed by atoms with E-state index in [-0.39, 0.29) is 83.2 Å². The van der Waals surface area contributed by atoms with Crippen molar-refractivity contribution in [2.45, 2.75) is 6.90 Å². The molecule has 0 nitrogen and oxygen atoms in total. The Labute approximate surface area is 89.2 Å². The van der Waals surface area contributed by atoms with Gasteiger partial charge in [-0.2, -0.15) is 6.90 Å². The SMILES string of the molecule is [2H]C[CH2-].[CH3-].[Cs+]. The van der Waals surface area contributed by atoms with Gasteiger partial charge in [0.2, 0.25) is 0 Å². The van der Waals surface area contributed by atoms with Crippen LogP contribution in [-0.4, -0.2) is 0 Å². The maximum Gasteiger partial charge on any atom is 1.00 e. The zero-order valence-corrected chi connectivity index (χ0v) is 9.69. The van der Waals surface area contributed by atoms with Gasteiger partial charge in [0.15, 0.2) is 0 Å². The second-order valence-corrected chi connectivity index (χ2v) is 0. The van der Waals surface area contributed by atoms with Crippen LogP contribution in [0.4, 0.5) is 0 Å². The Morgan fingerprint density at radius 2 is 2.00 bits per heavy atom. The Morgan fingerprint density at radius 1 is 2.00 bits per heavy atom. The van der Waals surface area contributed by atoms with Gasteiger partial charge in [-0.05, 0) is 1.37 Å². The fraction of sp³-hybridized carbons (Fsp3) is 0.333. The summed E-state index contributed by atoms with van der Waals surface area (Å²) >= 11 is 0. The molecule has 1 heteroatoms. The Morgan fingerprint density at radius 3 is 2.00 bits per heavy atom. The topological polar surface area (TPSA) is 0 Å². The first kappa shape index (κ1) is 9.41. The van der Waals surface area contributed by atoms with Crippen LogP contribution in [0, 0.1) is 14.4 Å². The predicted molar refractivity (Wildman–Crippen MR) is 17.4 cm³/mol. The van der Waals surface area contributed by atoms with Crippen LogP contribution in [0.25, 0.3) is 0 Å². The summed E-state index contributed by atoms with van der Waals surface area (Å²) in [6.07, 6.45) is 0. The van der Waals surface area contributed by atoms with Gasteiger partial charge in [-0.25, -0.2) is 0 Å². The second-order valence-electron chi connectivity index (χ2n) is 0. The summed E-state index contributed by atoms with van der Waals surface area (Å²) in [5.41, 5.74) is 0. The molecule has 0 aliphatic heterocycles. The largest absolute Gasteiger partial charge is 1.00 e. The molecule has 0 saturated heterocycles. The third-order valence-electron chi connectivity index (χ3n) is 0. The molecule has 0 amide bonds. The maximum atomic E-state index is 6.10. The summed E-state index contributed by atoms with van der Waals surface area (Å²) in [5.74, 6) is 0. The minimum Gasteiger partial charge on any atom is -0.358 e. The summed E-state index contributed by atoms with van der Waals surface area (Å²) in [7, 11) is 0. The van der Waals surface area contributed by atoms with Crippen molar-refractivity contribution in [2.24, 2.45) is 0 Å². The van der Waals surface area contributed by atoms with Crippen LogP contribution in [-0.2, 0) is 0 Å². The number of hydrogen-bond acceptors (Lipinski definition) is 0. The quantitative estimate of drug-likeness (QED) is 0.387. The first-order valence-electron chi connectivity index (χ1n) is 1.21. The van der Waals surface area contributed by atoms with E-state index in [0.717, 1.165) is 0 Å². The van der Waals surface area contributed by atoms with Gasteiger partial charge in [0, 0.05) is 0 Å². The van der Waals surface area contributed by atoms with E-state index < -0.39 is 0 Å². The number of rotatable bonds is 0.